The van der Waals surface area contributed by atoms with E-state index >= 15 is 0 Å². The molecule has 32 heavy (non-hydrogen) atoms. The van der Waals surface area contributed by atoms with Gasteiger partial charge in [0.05, 0.1) is 18.2 Å². The Hall–Kier alpha value is -3.11. The van der Waals surface area contributed by atoms with E-state index in [1.807, 2.05) is 13.8 Å². The Morgan fingerprint density at radius 1 is 1.31 bits per heavy atom. The molecule has 0 aliphatic carbocycles. The quantitative estimate of drug-likeness (QED) is 0.610. The number of methoxy groups -OCH3 is 1. The molecule has 3 aromatic rings. The van der Waals surface area contributed by atoms with Crippen molar-refractivity contribution in [3.05, 3.63) is 62.8 Å². The third kappa shape index (κ3) is 4.03. The Morgan fingerprint density at radius 3 is 2.78 bits per heavy atom. The zero-order valence-corrected chi connectivity index (χ0v) is 18.7. The highest BCUT2D eigenvalue weighted by atomic mass is 32.1. The predicted octanol–water partition coefficient (Wildman–Crippen LogP) is 2.85. The Bertz CT molecular complexity index is 1220. The molecule has 2 aromatic heterocycles. The van der Waals surface area contributed by atoms with Crippen molar-refractivity contribution in [2.45, 2.75) is 32.4 Å². The lowest BCUT2D eigenvalue weighted by molar-refractivity contribution is 0.0511. The summed E-state index contributed by atoms with van der Waals surface area (Å²) in [4.78, 5) is 27.5. The molecule has 0 bridgehead atoms. The molecule has 1 N–H and O–H groups in total. The van der Waals surface area contributed by atoms with E-state index < -0.39 is 17.1 Å². The van der Waals surface area contributed by atoms with E-state index in [0.717, 1.165) is 5.56 Å². The Labute approximate surface area is 187 Å². The zero-order valence-electron chi connectivity index (χ0n) is 17.9. The summed E-state index contributed by atoms with van der Waals surface area (Å²) in [6.45, 7) is 4.44. The Balaban J connectivity index is 1.75. The molecule has 8 nitrogen and oxygen atoms in total. The molecular weight excluding hydrogens is 435 g/mol. The van der Waals surface area contributed by atoms with E-state index in [9.17, 15) is 19.1 Å². The van der Waals surface area contributed by atoms with Crippen molar-refractivity contribution >= 4 is 17.2 Å². The summed E-state index contributed by atoms with van der Waals surface area (Å²) in [7, 11) is 1.56. The van der Waals surface area contributed by atoms with E-state index in [0.29, 0.717) is 29.6 Å². The number of ether oxygens (including phenoxy) is 1. The fraction of sp³-hybridized carbons (Fsp3) is 0.364. The zero-order chi connectivity index (χ0) is 23.0. The SMILES string of the molecule is COC[C@H]1CN(C(C)C)C(=O)c2c(O)c(=O)c(-c3nnc(Cc4cccc(F)c4)s3)cn21. The van der Waals surface area contributed by atoms with Crippen molar-refractivity contribution in [1.29, 1.82) is 0 Å². The lowest BCUT2D eigenvalue weighted by atomic mass is 10.1. The number of hydrogen-bond donors (Lipinski definition) is 1. The topological polar surface area (TPSA) is 97.6 Å². The van der Waals surface area contributed by atoms with Gasteiger partial charge < -0.3 is 19.3 Å². The maximum atomic E-state index is 13.5. The van der Waals surface area contributed by atoms with Gasteiger partial charge in [-0.25, -0.2) is 4.39 Å². The first kappa shape index (κ1) is 22.1. The predicted molar refractivity (Wildman–Crippen MR) is 118 cm³/mol. The van der Waals surface area contributed by atoms with Gasteiger partial charge in [0.1, 0.15) is 10.8 Å². The van der Waals surface area contributed by atoms with Gasteiger partial charge in [-0.1, -0.05) is 23.5 Å². The van der Waals surface area contributed by atoms with E-state index in [-0.39, 0.29) is 29.2 Å². The average molecular weight is 459 g/mol. The molecule has 0 spiro atoms. The van der Waals surface area contributed by atoms with Gasteiger partial charge in [0, 0.05) is 32.3 Å². The normalized spacial score (nSPS) is 16.0. The van der Waals surface area contributed by atoms with Crippen LogP contribution in [0, 0.1) is 5.82 Å². The van der Waals surface area contributed by atoms with Crippen LogP contribution in [0.2, 0.25) is 0 Å². The van der Waals surface area contributed by atoms with Crippen molar-refractivity contribution in [3.8, 4) is 16.3 Å². The number of halogens is 1. The monoisotopic (exact) mass is 458 g/mol. The summed E-state index contributed by atoms with van der Waals surface area (Å²) < 4.78 is 20.4. The van der Waals surface area contributed by atoms with Crippen LogP contribution in [0.5, 0.6) is 5.75 Å². The second-order valence-corrected chi connectivity index (χ2v) is 9.01. The molecule has 1 aromatic carbocycles. The maximum Gasteiger partial charge on any atom is 0.274 e. The van der Waals surface area contributed by atoms with Crippen molar-refractivity contribution in [2.75, 3.05) is 20.3 Å². The molecule has 1 atom stereocenters. The minimum absolute atomic E-state index is 0.0507. The highest BCUT2D eigenvalue weighted by molar-refractivity contribution is 7.14. The first-order chi connectivity index (χ1) is 15.3. The van der Waals surface area contributed by atoms with Crippen molar-refractivity contribution in [1.82, 2.24) is 19.7 Å². The number of hydrogen-bond acceptors (Lipinski definition) is 7. The minimum Gasteiger partial charge on any atom is -0.503 e. The van der Waals surface area contributed by atoms with Crippen molar-refractivity contribution in [3.63, 3.8) is 0 Å². The number of nitrogens with zero attached hydrogens (tertiary/aromatic N) is 4. The van der Waals surface area contributed by atoms with Crippen LogP contribution in [0.15, 0.2) is 35.3 Å². The third-order valence-corrected chi connectivity index (χ3v) is 6.36. The van der Waals surface area contributed by atoms with Gasteiger partial charge in [-0.2, -0.15) is 0 Å². The smallest absolute Gasteiger partial charge is 0.274 e. The number of pyridine rings is 1. The van der Waals surface area contributed by atoms with Crippen LogP contribution in [-0.2, 0) is 11.2 Å². The first-order valence-corrected chi connectivity index (χ1v) is 11.0. The number of rotatable bonds is 6. The summed E-state index contributed by atoms with van der Waals surface area (Å²) in [5.74, 6) is -1.35. The molecule has 0 saturated heterocycles. The van der Waals surface area contributed by atoms with Gasteiger partial charge in [0.25, 0.3) is 5.91 Å². The Kier molecular flexibility index (Phi) is 6.07. The number of carbonyl (C=O) groups excluding carboxylic acids is 1. The molecule has 168 valence electrons. The standard InChI is InChI=1S/C22H23FN4O4S/c1-12(2)26-9-15(11-31-3)27-10-16(19(28)20(29)18(27)22(26)30)21-25-24-17(32-21)8-13-5-4-6-14(23)7-13/h4-7,10,12,15,29H,8-9,11H2,1-3H3/t15-/m1/s1. The van der Waals surface area contributed by atoms with Crippen LogP contribution in [-0.4, -0.2) is 57.0 Å². The van der Waals surface area contributed by atoms with Crippen LogP contribution in [0.1, 0.15) is 40.9 Å². The number of fused-ring (bicyclic) bond motifs is 1. The second kappa shape index (κ2) is 8.79. The summed E-state index contributed by atoms with van der Waals surface area (Å²) >= 11 is 1.19. The molecule has 4 rings (SSSR count). The fourth-order valence-corrected chi connectivity index (χ4v) is 4.71. The first-order valence-electron chi connectivity index (χ1n) is 10.1. The van der Waals surface area contributed by atoms with Crippen LogP contribution < -0.4 is 5.43 Å². The lowest BCUT2D eigenvalue weighted by Crippen LogP contribution is -2.48. The molecule has 10 heteroatoms. The minimum atomic E-state index is -0.681. The maximum absolute atomic E-state index is 13.5. The van der Waals surface area contributed by atoms with Crippen molar-refractivity contribution in [2.24, 2.45) is 0 Å². The van der Waals surface area contributed by atoms with Gasteiger partial charge in [-0.05, 0) is 31.5 Å². The summed E-state index contributed by atoms with van der Waals surface area (Å²) in [5, 5.41) is 19.9. The van der Waals surface area contributed by atoms with E-state index in [4.69, 9.17) is 4.74 Å². The van der Waals surface area contributed by atoms with E-state index in [2.05, 4.69) is 10.2 Å². The van der Waals surface area contributed by atoms with Crippen LogP contribution in [0.4, 0.5) is 4.39 Å². The summed E-state index contributed by atoms with van der Waals surface area (Å²) in [6, 6.07) is 5.81. The third-order valence-electron chi connectivity index (χ3n) is 5.40. The van der Waals surface area contributed by atoms with E-state index in [1.54, 1.807) is 34.9 Å². The van der Waals surface area contributed by atoms with Gasteiger partial charge >= 0.3 is 0 Å². The highest BCUT2D eigenvalue weighted by Crippen LogP contribution is 2.31. The molecule has 3 heterocycles. The molecule has 0 fully saturated rings. The molecule has 1 aliphatic rings. The van der Waals surface area contributed by atoms with Gasteiger partial charge in [0.2, 0.25) is 5.43 Å². The van der Waals surface area contributed by atoms with Crippen LogP contribution in [0.25, 0.3) is 10.6 Å². The number of benzene rings is 1. The van der Waals surface area contributed by atoms with Crippen LogP contribution in [0.3, 0.4) is 0 Å². The number of carbonyl (C=O) groups is 1. The number of aromatic hydroxyl groups is 1. The van der Waals surface area contributed by atoms with Gasteiger partial charge in [0.15, 0.2) is 16.5 Å². The van der Waals surface area contributed by atoms with Gasteiger partial charge in [-0.15, -0.1) is 10.2 Å². The lowest BCUT2D eigenvalue weighted by Gasteiger charge is -2.38. The second-order valence-electron chi connectivity index (χ2n) is 7.94. The van der Waals surface area contributed by atoms with E-state index in [1.165, 1.54) is 23.5 Å². The average Bonchev–Trinajstić information content (AvgIpc) is 3.20. The fourth-order valence-electron chi connectivity index (χ4n) is 3.83. The molecule has 0 radical (unpaired) electrons. The number of amides is 1. The molecule has 0 unspecified atom stereocenters. The summed E-state index contributed by atoms with van der Waals surface area (Å²) in [6.07, 6.45) is 1.91. The molecule has 1 amide bonds. The highest BCUT2D eigenvalue weighted by Gasteiger charge is 2.36. The number of aromatic nitrogens is 3. The molecular formula is C22H23FN4O4S. The largest absolute Gasteiger partial charge is 0.503 e. The summed E-state index contributed by atoms with van der Waals surface area (Å²) in [5.41, 5.74) is 0.156. The molecule has 1 aliphatic heterocycles. The Morgan fingerprint density at radius 2 is 2.09 bits per heavy atom. The van der Waals surface area contributed by atoms with Crippen LogP contribution >= 0.6 is 11.3 Å². The van der Waals surface area contributed by atoms with Crippen molar-refractivity contribution < 1.29 is 19.0 Å². The molecule has 0 saturated carbocycles. The van der Waals surface area contributed by atoms with Gasteiger partial charge in [-0.3, -0.25) is 9.59 Å².